The number of rotatable bonds is 8. The standard InChI is InChI=1S/C16H34N2/c1-6-16(17-7-2)14(5)18(12-13(3)4)15-10-8-9-11-15/h13-17H,6-12H2,1-5H3. The topological polar surface area (TPSA) is 15.3 Å². The average Bonchev–Trinajstić information content (AvgIpc) is 2.85. The van der Waals surface area contributed by atoms with Gasteiger partial charge in [0, 0.05) is 24.7 Å². The third-order valence-corrected chi connectivity index (χ3v) is 4.38. The average molecular weight is 254 g/mol. The summed E-state index contributed by atoms with van der Waals surface area (Å²) in [5.74, 6) is 0.771. The summed E-state index contributed by atoms with van der Waals surface area (Å²) in [4.78, 5) is 2.80. The Kier molecular flexibility index (Phi) is 7.25. The molecule has 0 amide bonds. The Hall–Kier alpha value is -0.0800. The first-order valence-corrected chi connectivity index (χ1v) is 8.09. The van der Waals surface area contributed by atoms with Gasteiger partial charge in [0.15, 0.2) is 0 Å². The minimum atomic E-state index is 0.648. The summed E-state index contributed by atoms with van der Waals surface area (Å²) in [5, 5.41) is 3.67. The second-order valence-electron chi connectivity index (χ2n) is 6.34. The lowest BCUT2D eigenvalue weighted by atomic mass is 10.0. The van der Waals surface area contributed by atoms with E-state index in [-0.39, 0.29) is 0 Å². The van der Waals surface area contributed by atoms with Crippen LogP contribution in [0.5, 0.6) is 0 Å². The second kappa shape index (κ2) is 8.16. The van der Waals surface area contributed by atoms with Gasteiger partial charge in [-0.25, -0.2) is 0 Å². The van der Waals surface area contributed by atoms with Crippen LogP contribution >= 0.6 is 0 Å². The van der Waals surface area contributed by atoms with E-state index in [9.17, 15) is 0 Å². The summed E-state index contributed by atoms with van der Waals surface area (Å²) < 4.78 is 0. The third kappa shape index (κ3) is 4.55. The van der Waals surface area contributed by atoms with Gasteiger partial charge in [0.05, 0.1) is 0 Å². The fourth-order valence-corrected chi connectivity index (χ4v) is 3.45. The number of hydrogen-bond donors (Lipinski definition) is 1. The van der Waals surface area contributed by atoms with Crippen molar-refractivity contribution in [1.82, 2.24) is 10.2 Å². The highest BCUT2D eigenvalue weighted by molar-refractivity contribution is 4.87. The van der Waals surface area contributed by atoms with Crippen molar-refractivity contribution >= 4 is 0 Å². The molecule has 2 nitrogen and oxygen atoms in total. The van der Waals surface area contributed by atoms with E-state index in [0.717, 1.165) is 18.5 Å². The van der Waals surface area contributed by atoms with Crippen molar-refractivity contribution in [2.24, 2.45) is 5.92 Å². The van der Waals surface area contributed by atoms with Gasteiger partial charge in [-0.2, -0.15) is 0 Å². The SMILES string of the molecule is CCNC(CC)C(C)N(CC(C)C)C1CCCC1. The Morgan fingerprint density at radius 1 is 1.11 bits per heavy atom. The van der Waals surface area contributed by atoms with Gasteiger partial charge >= 0.3 is 0 Å². The second-order valence-corrected chi connectivity index (χ2v) is 6.34. The van der Waals surface area contributed by atoms with Crippen molar-refractivity contribution in [3.05, 3.63) is 0 Å². The van der Waals surface area contributed by atoms with Crippen molar-refractivity contribution in [2.45, 2.75) is 84.8 Å². The van der Waals surface area contributed by atoms with Crippen LogP contribution in [0.15, 0.2) is 0 Å². The normalized spacial score (nSPS) is 20.8. The zero-order chi connectivity index (χ0) is 13.5. The van der Waals surface area contributed by atoms with Crippen LogP contribution in [0.3, 0.4) is 0 Å². The molecule has 0 aromatic rings. The van der Waals surface area contributed by atoms with E-state index in [1.54, 1.807) is 0 Å². The first-order valence-electron chi connectivity index (χ1n) is 8.09. The van der Waals surface area contributed by atoms with Crippen LogP contribution < -0.4 is 5.32 Å². The predicted molar refractivity (Wildman–Crippen MR) is 81.0 cm³/mol. The highest BCUT2D eigenvalue weighted by Gasteiger charge is 2.30. The molecule has 0 spiro atoms. The molecule has 1 aliphatic rings. The molecule has 1 N–H and O–H groups in total. The molecule has 1 rings (SSSR count). The Bertz CT molecular complexity index is 209. The predicted octanol–water partition coefficient (Wildman–Crippen LogP) is 3.66. The molecule has 1 aliphatic carbocycles. The summed E-state index contributed by atoms with van der Waals surface area (Å²) in [6, 6.07) is 2.16. The maximum Gasteiger partial charge on any atom is 0.0224 e. The van der Waals surface area contributed by atoms with Crippen molar-refractivity contribution < 1.29 is 0 Å². The van der Waals surface area contributed by atoms with Gasteiger partial charge in [0.2, 0.25) is 0 Å². The van der Waals surface area contributed by atoms with E-state index >= 15 is 0 Å². The van der Waals surface area contributed by atoms with E-state index in [4.69, 9.17) is 0 Å². The van der Waals surface area contributed by atoms with Crippen molar-refractivity contribution in [3.63, 3.8) is 0 Å². The highest BCUT2D eigenvalue weighted by atomic mass is 15.2. The van der Waals surface area contributed by atoms with Crippen LogP contribution in [-0.2, 0) is 0 Å². The molecule has 0 aromatic carbocycles. The summed E-state index contributed by atoms with van der Waals surface area (Å²) >= 11 is 0. The fourth-order valence-electron chi connectivity index (χ4n) is 3.45. The van der Waals surface area contributed by atoms with Crippen LogP contribution in [0.25, 0.3) is 0 Å². The van der Waals surface area contributed by atoms with Crippen LogP contribution in [0.4, 0.5) is 0 Å². The molecule has 0 aromatic heterocycles. The number of nitrogens with zero attached hydrogens (tertiary/aromatic N) is 1. The maximum absolute atomic E-state index is 3.67. The number of nitrogens with one attached hydrogen (secondary N) is 1. The van der Waals surface area contributed by atoms with Gasteiger partial charge in [0.25, 0.3) is 0 Å². The monoisotopic (exact) mass is 254 g/mol. The molecule has 0 radical (unpaired) electrons. The lowest BCUT2D eigenvalue weighted by Gasteiger charge is -2.40. The van der Waals surface area contributed by atoms with Gasteiger partial charge in [-0.3, -0.25) is 4.90 Å². The molecule has 0 saturated heterocycles. The van der Waals surface area contributed by atoms with Gasteiger partial charge < -0.3 is 5.32 Å². The molecular weight excluding hydrogens is 220 g/mol. The Morgan fingerprint density at radius 3 is 2.17 bits per heavy atom. The first-order chi connectivity index (χ1) is 8.60. The largest absolute Gasteiger partial charge is 0.313 e. The van der Waals surface area contributed by atoms with Gasteiger partial charge in [0.1, 0.15) is 0 Å². The molecule has 0 bridgehead atoms. The van der Waals surface area contributed by atoms with E-state index < -0.39 is 0 Å². The molecule has 2 unspecified atom stereocenters. The molecule has 0 aliphatic heterocycles. The number of likely N-dealkylation sites (N-methyl/N-ethyl adjacent to an activating group) is 1. The van der Waals surface area contributed by atoms with E-state index in [0.29, 0.717) is 12.1 Å². The zero-order valence-corrected chi connectivity index (χ0v) is 13.2. The van der Waals surface area contributed by atoms with Crippen LogP contribution in [-0.4, -0.2) is 36.1 Å². The summed E-state index contributed by atoms with van der Waals surface area (Å²) in [5.41, 5.74) is 0. The highest BCUT2D eigenvalue weighted by Crippen LogP contribution is 2.27. The van der Waals surface area contributed by atoms with Gasteiger partial charge in [-0.1, -0.05) is 40.5 Å². The number of hydrogen-bond acceptors (Lipinski definition) is 2. The molecule has 18 heavy (non-hydrogen) atoms. The Labute approximate surface area is 115 Å². The third-order valence-electron chi connectivity index (χ3n) is 4.38. The lowest BCUT2D eigenvalue weighted by molar-refractivity contribution is 0.100. The first kappa shape index (κ1) is 16.0. The van der Waals surface area contributed by atoms with E-state index in [1.807, 2.05) is 0 Å². The van der Waals surface area contributed by atoms with E-state index in [2.05, 4.69) is 44.8 Å². The van der Waals surface area contributed by atoms with Crippen LogP contribution in [0.1, 0.15) is 66.7 Å². The summed E-state index contributed by atoms with van der Waals surface area (Å²) in [7, 11) is 0. The minimum Gasteiger partial charge on any atom is -0.313 e. The molecule has 0 heterocycles. The summed E-state index contributed by atoms with van der Waals surface area (Å²) in [6.45, 7) is 14.0. The molecule has 108 valence electrons. The van der Waals surface area contributed by atoms with Crippen molar-refractivity contribution in [1.29, 1.82) is 0 Å². The van der Waals surface area contributed by atoms with Crippen molar-refractivity contribution in [2.75, 3.05) is 13.1 Å². The van der Waals surface area contributed by atoms with Gasteiger partial charge in [-0.05, 0) is 38.6 Å². The quantitative estimate of drug-likeness (QED) is 0.711. The maximum atomic E-state index is 3.67. The fraction of sp³-hybridized carbons (Fsp3) is 1.00. The Morgan fingerprint density at radius 2 is 1.72 bits per heavy atom. The molecule has 2 heteroatoms. The molecule has 2 atom stereocenters. The van der Waals surface area contributed by atoms with E-state index in [1.165, 1.54) is 38.6 Å². The molecular formula is C16H34N2. The smallest absolute Gasteiger partial charge is 0.0224 e. The zero-order valence-electron chi connectivity index (χ0n) is 13.2. The van der Waals surface area contributed by atoms with Crippen molar-refractivity contribution in [3.8, 4) is 0 Å². The Balaban J connectivity index is 2.66. The molecule has 1 fully saturated rings. The molecule has 1 saturated carbocycles. The van der Waals surface area contributed by atoms with Crippen LogP contribution in [0.2, 0.25) is 0 Å². The summed E-state index contributed by atoms with van der Waals surface area (Å²) in [6.07, 6.45) is 6.93. The lowest BCUT2D eigenvalue weighted by Crippen LogP contribution is -2.52. The van der Waals surface area contributed by atoms with Crippen LogP contribution in [0, 0.1) is 5.92 Å². The van der Waals surface area contributed by atoms with Gasteiger partial charge in [-0.15, -0.1) is 0 Å². The minimum absolute atomic E-state index is 0.648.